The molecule has 0 atom stereocenters. The van der Waals surface area contributed by atoms with E-state index in [1.54, 1.807) is 18.2 Å². The lowest BCUT2D eigenvalue weighted by molar-refractivity contribution is -0.384. The summed E-state index contributed by atoms with van der Waals surface area (Å²) in [4.78, 5) is 33.2. The Morgan fingerprint density at radius 3 is 2.55 bits per heavy atom. The molecule has 0 heterocycles. The molecule has 7 heteroatoms. The zero-order valence-electron chi connectivity index (χ0n) is 11.5. The lowest BCUT2D eigenvalue weighted by Gasteiger charge is -2.09. The van der Waals surface area contributed by atoms with Gasteiger partial charge in [0.25, 0.3) is 5.69 Å². The monoisotopic (exact) mass is 301 g/mol. The van der Waals surface area contributed by atoms with Crippen molar-refractivity contribution in [3.63, 3.8) is 0 Å². The summed E-state index contributed by atoms with van der Waals surface area (Å²) in [6.07, 6.45) is 0.387. The van der Waals surface area contributed by atoms with Crippen molar-refractivity contribution >= 4 is 17.9 Å². The minimum Gasteiger partial charge on any atom is -0.496 e. The minimum absolute atomic E-state index is 0.0588. The second-order valence-electron chi connectivity index (χ2n) is 4.19. The maximum Gasteiger partial charge on any atom is 0.347 e. The van der Waals surface area contributed by atoms with E-state index in [0.717, 1.165) is 12.1 Å². The fraction of sp³-hybridized carbons (Fsp3) is 0.0667. The van der Waals surface area contributed by atoms with Gasteiger partial charge in [0, 0.05) is 12.1 Å². The number of ether oxygens (including phenoxy) is 2. The van der Waals surface area contributed by atoms with Crippen LogP contribution in [0.1, 0.15) is 20.7 Å². The smallest absolute Gasteiger partial charge is 0.347 e. The van der Waals surface area contributed by atoms with Crippen LogP contribution in [-0.4, -0.2) is 24.3 Å². The van der Waals surface area contributed by atoms with Crippen molar-refractivity contribution in [3.8, 4) is 11.5 Å². The third-order valence-corrected chi connectivity index (χ3v) is 2.86. The van der Waals surface area contributed by atoms with E-state index in [1.807, 2.05) is 0 Å². The molecule has 7 nitrogen and oxygen atoms in total. The molecule has 2 rings (SSSR count). The molecule has 2 aromatic rings. The molecule has 112 valence electrons. The van der Waals surface area contributed by atoms with Crippen LogP contribution in [0.4, 0.5) is 5.69 Å². The molecule has 0 aliphatic rings. The molecule has 0 bridgehead atoms. The van der Waals surface area contributed by atoms with E-state index in [0.29, 0.717) is 12.0 Å². The first-order valence-corrected chi connectivity index (χ1v) is 6.15. The van der Waals surface area contributed by atoms with E-state index < -0.39 is 10.9 Å². The van der Waals surface area contributed by atoms with Gasteiger partial charge in [0.1, 0.15) is 17.1 Å². The van der Waals surface area contributed by atoms with Gasteiger partial charge in [0.15, 0.2) is 6.29 Å². The van der Waals surface area contributed by atoms with Crippen LogP contribution < -0.4 is 9.47 Å². The van der Waals surface area contributed by atoms with Crippen molar-refractivity contribution in [1.82, 2.24) is 0 Å². The molecule has 0 aliphatic heterocycles. The zero-order chi connectivity index (χ0) is 16.1. The highest BCUT2D eigenvalue weighted by Crippen LogP contribution is 2.25. The summed E-state index contributed by atoms with van der Waals surface area (Å²) in [5, 5.41) is 10.7. The fourth-order valence-corrected chi connectivity index (χ4v) is 1.80. The van der Waals surface area contributed by atoms with Crippen LogP contribution >= 0.6 is 0 Å². The van der Waals surface area contributed by atoms with Crippen LogP contribution in [0.15, 0.2) is 42.5 Å². The number of methoxy groups -OCH3 is 1. The molecule has 2 aromatic carbocycles. The van der Waals surface area contributed by atoms with Crippen molar-refractivity contribution in [2.75, 3.05) is 7.11 Å². The second kappa shape index (κ2) is 6.49. The van der Waals surface area contributed by atoms with E-state index >= 15 is 0 Å². The molecule has 0 aromatic heterocycles. The molecular weight excluding hydrogens is 290 g/mol. The van der Waals surface area contributed by atoms with Crippen molar-refractivity contribution in [3.05, 3.63) is 63.7 Å². The molecule has 0 amide bonds. The summed E-state index contributed by atoms with van der Waals surface area (Å²) in [6.45, 7) is 0. The largest absolute Gasteiger partial charge is 0.496 e. The summed E-state index contributed by atoms with van der Waals surface area (Å²) in [5.74, 6) is -0.465. The Hall–Kier alpha value is -3.22. The summed E-state index contributed by atoms with van der Waals surface area (Å²) in [6, 6.07) is 9.82. The predicted octanol–water partition coefficient (Wildman–Crippen LogP) is 2.64. The third-order valence-electron chi connectivity index (χ3n) is 2.86. The van der Waals surface area contributed by atoms with Gasteiger partial charge in [0.2, 0.25) is 0 Å². The zero-order valence-corrected chi connectivity index (χ0v) is 11.5. The summed E-state index contributed by atoms with van der Waals surface area (Å²) >= 11 is 0. The minimum atomic E-state index is -0.727. The van der Waals surface area contributed by atoms with E-state index in [4.69, 9.17) is 9.47 Å². The number of nitro groups is 1. The van der Waals surface area contributed by atoms with Crippen molar-refractivity contribution in [1.29, 1.82) is 0 Å². The lowest BCUT2D eigenvalue weighted by atomic mass is 10.2. The number of non-ortho nitro benzene ring substituents is 1. The number of rotatable bonds is 5. The quantitative estimate of drug-likeness (QED) is 0.277. The first-order chi connectivity index (χ1) is 10.6. The van der Waals surface area contributed by atoms with Gasteiger partial charge in [-0.3, -0.25) is 14.9 Å². The standard InChI is InChI=1S/C15H11NO6/c1-21-14-5-3-2-4-12(14)15(18)22-13-7-6-11(16(19)20)8-10(13)9-17/h2-9H,1H3. The highest BCUT2D eigenvalue weighted by Gasteiger charge is 2.17. The molecule has 0 radical (unpaired) electrons. The Kier molecular flexibility index (Phi) is 4.47. The van der Waals surface area contributed by atoms with Crippen LogP contribution in [0.3, 0.4) is 0 Å². The number of aldehydes is 1. The molecule has 0 spiro atoms. The molecule has 0 saturated carbocycles. The Bertz CT molecular complexity index is 741. The Morgan fingerprint density at radius 2 is 1.91 bits per heavy atom. The van der Waals surface area contributed by atoms with E-state index in [1.165, 1.54) is 19.2 Å². The first kappa shape index (κ1) is 15.2. The molecule has 22 heavy (non-hydrogen) atoms. The number of para-hydroxylation sites is 1. The van der Waals surface area contributed by atoms with Crippen molar-refractivity contribution in [2.45, 2.75) is 0 Å². The highest BCUT2D eigenvalue weighted by atomic mass is 16.6. The van der Waals surface area contributed by atoms with E-state index in [-0.39, 0.29) is 22.6 Å². The Balaban J connectivity index is 2.32. The molecule has 0 fully saturated rings. The number of nitrogens with zero attached hydrogens (tertiary/aromatic N) is 1. The number of esters is 1. The van der Waals surface area contributed by atoms with E-state index in [9.17, 15) is 19.7 Å². The van der Waals surface area contributed by atoms with Gasteiger partial charge in [-0.2, -0.15) is 0 Å². The highest BCUT2D eigenvalue weighted by molar-refractivity contribution is 5.95. The molecule has 0 aliphatic carbocycles. The van der Waals surface area contributed by atoms with Gasteiger partial charge >= 0.3 is 5.97 Å². The first-order valence-electron chi connectivity index (χ1n) is 6.15. The van der Waals surface area contributed by atoms with Gasteiger partial charge in [-0.1, -0.05) is 12.1 Å². The van der Waals surface area contributed by atoms with Gasteiger partial charge in [-0.15, -0.1) is 0 Å². The number of nitro benzene ring substituents is 1. The average Bonchev–Trinajstić information content (AvgIpc) is 2.54. The second-order valence-corrected chi connectivity index (χ2v) is 4.19. The molecular formula is C15H11NO6. The predicted molar refractivity (Wildman–Crippen MR) is 76.4 cm³/mol. The van der Waals surface area contributed by atoms with Crippen LogP contribution in [0.25, 0.3) is 0 Å². The SMILES string of the molecule is COc1ccccc1C(=O)Oc1ccc([N+](=O)[O-])cc1C=O. The number of carbonyl (C=O) groups is 2. The average molecular weight is 301 g/mol. The summed E-state index contributed by atoms with van der Waals surface area (Å²) in [5.41, 5.74) is -0.170. The van der Waals surface area contributed by atoms with Crippen molar-refractivity contribution in [2.24, 2.45) is 0 Å². The number of benzene rings is 2. The number of hydrogen-bond acceptors (Lipinski definition) is 6. The van der Waals surface area contributed by atoms with Gasteiger partial charge in [-0.25, -0.2) is 4.79 Å². The molecule has 0 unspecified atom stereocenters. The maximum absolute atomic E-state index is 12.1. The summed E-state index contributed by atoms with van der Waals surface area (Å²) in [7, 11) is 1.41. The molecule has 0 N–H and O–H groups in total. The lowest BCUT2D eigenvalue weighted by Crippen LogP contribution is -2.11. The topological polar surface area (TPSA) is 95.7 Å². The molecule has 0 saturated heterocycles. The van der Waals surface area contributed by atoms with Gasteiger partial charge < -0.3 is 9.47 Å². The fourth-order valence-electron chi connectivity index (χ4n) is 1.80. The van der Waals surface area contributed by atoms with Crippen molar-refractivity contribution < 1.29 is 24.0 Å². The van der Waals surface area contributed by atoms with Gasteiger partial charge in [-0.05, 0) is 18.2 Å². The van der Waals surface area contributed by atoms with Crippen LogP contribution in [-0.2, 0) is 0 Å². The Morgan fingerprint density at radius 1 is 1.18 bits per heavy atom. The normalized spacial score (nSPS) is 9.86. The Labute approximate surface area is 125 Å². The van der Waals surface area contributed by atoms with Crippen LogP contribution in [0, 0.1) is 10.1 Å². The van der Waals surface area contributed by atoms with Crippen LogP contribution in [0.5, 0.6) is 11.5 Å². The third kappa shape index (κ3) is 3.09. The van der Waals surface area contributed by atoms with E-state index in [2.05, 4.69) is 0 Å². The van der Waals surface area contributed by atoms with Gasteiger partial charge in [0.05, 0.1) is 17.6 Å². The number of carbonyl (C=O) groups excluding carboxylic acids is 2. The summed E-state index contributed by atoms with van der Waals surface area (Å²) < 4.78 is 10.2. The van der Waals surface area contributed by atoms with Crippen LogP contribution in [0.2, 0.25) is 0 Å². The number of hydrogen-bond donors (Lipinski definition) is 0. The maximum atomic E-state index is 12.1.